The number of methoxy groups -OCH3 is 1. The summed E-state index contributed by atoms with van der Waals surface area (Å²) in [7, 11) is 1.56. The summed E-state index contributed by atoms with van der Waals surface area (Å²) in [5.74, 6) is -1.66. The van der Waals surface area contributed by atoms with Crippen molar-refractivity contribution >= 4 is 35.7 Å². The number of carbonyl (C=O) groups excluding carboxylic acids is 6. The summed E-state index contributed by atoms with van der Waals surface area (Å²) in [5.41, 5.74) is 2.40. The number of hydrogen-bond acceptors (Lipinski definition) is 12. The van der Waals surface area contributed by atoms with Gasteiger partial charge in [-0.15, -0.1) is 0 Å². The number of benzene rings is 2. The first kappa shape index (κ1) is 40.7. The zero-order valence-corrected chi connectivity index (χ0v) is 33.4. The van der Waals surface area contributed by atoms with Gasteiger partial charge in [0, 0.05) is 42.3 Å². The third-order valence-electron chi connectivity index (χ3n) is 10.4. The third-order valence-corrected chi connectivity index (χ3v) is 10.4. The largest absolute Gasteiger partial charge is 0.488 e. The molecule has 5 atom stereocenters. The van der Waals surface area contributed by atoms with Crippen LogP contribution in [0.25, 0.3) is 11.1 Å². The Balaban J connectivity index is 1.10. The van der Waals surface area contributed by atoms with E-state index in [4.69, 9.17) is 28.4 Å². The first-order valence-corrected chi connectivity index (χ1v) is 19.2. The minimum atomic E-state index is -1.02. The van der Waals surface area contributed by atoms with Gasteiger partial charge in [0.1, 0.15) is 35.6 Å². The van der Waals surface area contributed by atoms with Gasteiger partial charge in [-0.05, 0) is 115 Å². The molecule has 0 N–H and O–H groups in total. The highest BCUT2D eigenvalue weighted by molar-refractivity contribution is 6.04. The van der Waals surface area contributed by atoms with Gasteiger partial charge < -0.3 is 28.4 Å². The number of ether oxygens (including phenoxy) is 6. The molecule has 0 radical (unpaired) electrons. The van der Waals surface area contributed by atoms with Gasteiger partial charge in [0.25, 0.3) is 0 Å². The second-order valence-electron chi connectivity index (χ2n) is 17.1. The van der Waals surface area contributed by atoms with Crippen LogP contribution in [0.5, 0.6) is 5.75 Å². The van der Waals surface area contributed by atoms with Crippen LogP contribution in [0.15, 0.2) is 30.3 Å². The van der Waals surface area contributed by atoms with Crippen molar-refractivity contribution in [1.82, 2.24) is 9.80 Å². The zero-order valence-electron chi connectivity index (χ0n) is 33.4. The molecule has 2 aromatic carbocycles. The van der Waals surface area contributed by atoms with Gasteiger partial charge in [-0.1, -0.05) is 12.1 Å². The number of ketones is 2. The molecular weight excluding hydrogens is 724 g/mol. The fourth-order valence-electron chi connectivity index (χ4n) is 7.80. The lowest BCUT2D eigenvalue weighted by molar-refractivity contribution is -0.152. The Labute approximate surface area is 327 Å². The summed E-state index contributed by atoms with van der Waals surface area (Å²) in [6, 6.07) is 6.81. The van der Waals surface area contributed by atoms with Crippen LogP contribution >= 0.6 is 0 Å². The van der Waals surface area contributed by atoms with Crippen molar-refractivity contribution < 1.29 is 57.2 Å². The average molecular weight is 777 g/mol. The van der Waals surface area contributed by atoms with Crippen molar-refractivity contribution in [1.29, 1.82) is 0 Å². The van der Waals surface area contributed by atoms with E-state index in [1.165, 1.54) is 9.80 Å². The normalized spacial score (nSPS) is 23.0. The maximum absolute atomic E-state index is 13.7. The van der Waals surface area contributed by atoms with E-state index in [1.54, 1.807) is 66.9 Å². The Kier molecular flexibility index (Phi) is 11.5. The van der Waals surface area contributed by atoms with Gasteiger partial charge in [-0.25, -0.2) is 19.2 Å². The fourth-order valence-corrected chi connectivity index (χ4v) is 7.80. The number of Topliss-reactive ketones (excluding diaryl/α,β-unsaturated/α-hetero) is 2. The second-order valence-corrected chi connectivity index (χ2v) is 17.1. The predicted molar refractivity (Wildman–Crippen MR) is 201 cm³/mol. The maximum atomic E-state index is 13.7. The van der Waals surface area contributed by atoms with Gasteiger partial charge in [0.05, 0.1) is 6.61 Å². The van der Waals surface area contributed by atoms with E-state index in [0.29, 0.717) is 49.2 Å². The molecule has 14 nitrogen and oxygen atoms in total. The third kappa shape index (κ3) is 8.85. The van der Waals surface area contributed by atoms with E-state index in [0.717, 1.165) is 22.3 Å². The van der Waals surface area contributed by atoms with Crippen molar-refractivity contribution in [3.05, 3.63) is 52.6 Å². The molecule has 0 bridgehead atoms. The van der Waals surface area contributed by atoms with Gasteiger partial charge in [0.15, 0.2) is 18.5 Å². The van der Waals surface area contributed by atoms with Crippen LogP contribution in [0.4, 0.5) is 9.59 Å². The fraction of sp³-hybridized carbons (Fsp3) is 0.571. The predicted octanol–water partition coefficient (Wildman–Crippen LogP) is 6.07. The number of likely N-dealkylation sites (tertiary alicyclic amines) is 2. The quantitative estimate of drug-likeness (QED) is 0.173. The van der Waals surface area contributed by atoms with E-state index in [1.807, 2.05) is 19.1 Å². The lowest BCUT2D eigenvalue weighted by Crippen LogP contribution is -2.47. The summed E-state index contributed by atoms with van der Waals surface area (Å²) in [4.78, 5) is 82.1. The number of esters is 2. The molecule has 14 heteroatoms. The molecular formula is C42H52N2O12. The molecule has 56 heavy (non-hydrogen) atoms. The molecule has 3 aliphatic heterocycles. The SMILES string of the molecule is COCC1CC(C(=O)OC2CCc3cc4c(cc3C2=O)OCc2cc(C(=O)COC(=O)C3CCC(C)N3C(=O)OC(C)(C)C)ccc2-4)N(C(=O)OC(C)(C)C)C1. The van der Waals surface area contributed by atoms with Gasteiger partial charge in [0.2, 0.25) is 5.78 Å². The molecule has 2 saturated heterocycles. The molecule has 6 rings (SSSR count). The topological polar surface area (TPSA) is 164 Å². The van der Waals surface area contributed by atoms with Crippen molar-refractivity contribution in [3.63, 3.8) is 0 Å². The van der Waals surface area contributed by atoms with E-state index < -0.39 is 65.9 Å². The molecule has 0 aromatic heterocycles. The summed E-state index contributed by atoms with van der Waals surface area (Å²) in [5, 5.41) is 0. The van der Waals surface area contributed by atoms with Crippen LogP contribution < -0.4 is 4.74 Å². The number of rotatable bonds is 8. The molecule has 5 unspecified atom stereocenters. The average Bonchev–Trinajstić information content (AvgIpc) is 3.73. The number of nitrogens with zero attached hydrogens (tertiary/aromatic N) is 2. The molecule has 1 aliphatic carbocycles. The summed E-state index contributed by atoms with van der Waals surface area (Å²) < 4.78 is 33.6. The van der Waals surface area contributed by atoms with Crippen molar-refractivity contribution in [2.75, 3.05) is 26.9 Å². The van der Waals surface area contributed by atoms with E-state index >= 15 is 0 Å². The Morgan fingerprint density at radius 3 is 2.23 bits per heavy atom. The lowest BCUT2D eigenvalue weighted by Gasteiger charge is -2.30. The Morgan fingerprint density at radius 1 is 0.821 bits per heavy atom. The number of amides is 2. The van der Waals surface area contributed by atoms with Crippen molar-refractivity contribution in [2.24, 2.45) is 5.92 Å². The highest BCUT2D eigenvalue weighted by Crippen LogP contribution is 2.42. The van der Waals surface area contributed by atoms with Crippen LogP contribution in [0.2, 0.25) is 0 Å². The smallest absolute Gasteiger partial charge is 0.411 e. The zero-order chi connectivity index (χ0) is 40.7. The monoisotopic (exact) mass is 776 g/mol. The van der Waals surface area contributed by atoms with Crippen molar-refractivity contribution in [3.8, 4) is 16.9 Å². The number of carbonyl (C=O) groups is 6. The van der Waals surface area contributed by atoms with Gasteiger partial charge in [-0.2, -0.15) is 0 Å². The summed E-state index contributed by atoms with van der Waals surface area (Å²) >= 11 is 0. The molecule has 4 aliphatic rings. The lowest BCUT2D eigenvalue weighted by atomic mass is 9.84. The summed E-state index contributed by atoms with van der Waals surface area (Å²) in [6.07, 6.45) is -0.156. The minimum absolute atomic E-state index is 0.0875. The molecule has 302 valence electrons. The molecule has 2 aromatic rings. The highest BCUT2D eigenvalue weighted by Gasteiger charge is 2.45. The van der Waals surface area contributed by atoms with E-state index in [2.05, 4.69) is 0 Å². The van der Waals surface area contributed by atoms with Crippen LogP contribution in [0, 0.1) is 5.92 Å². The number of hydrogen-bond donors (Lipinski definition) is 0. The van der Waals surface area contributed by atoms with Gasteiger partial charge in [-0.3, -0.25) is 19.4 Å². The van der Waals surface area contributed by atoms with Crippen LogP contribution in [-0.4, -0.2) is 108 Å². The number of aryl methyl sites for hydroxylation is 1. The molecule has 2 fully saturated rings. The highest BCUT2D eigenvalue weighted by atomic mass is 16.6. The van der Waals surface area contributed by atoms with Crippen LogP contribution in [0.3, 0.4) is 0 Å². The van der Waals surface area contributed by atoms with E-state index in [9.17, 15) is 28.8 Å². The van der Waals surface area contributed by atoms with Gasteiger partial charge >= 0.3 is 24.1 Å². The Morgan fingerprint density at radius 2 is 1.54 bits per heavy atom. The maximum Gasteiger partial charge on any atom is 0.411 e. The van der Waals surface area contributed by atoms with Crippen LogP contribution in [-0.2, 0) is 46.3 Å². The molecule has 2 amide bonds. The second kappa shape index (κ2) is 15.9. The molecule has 0 saturated carbocycles. The van der Waals surface area contributed by atoms with E-state index in [-0.39, 0.29) is 37.3 Å². The minimum Gasteiger partial charge on any atom is -0.488 e. The summed E-state index contributed by atoms with van der Waals surface area (Å²) in [6.45, 7) is 12.6. The van der Waals surface area contributed by atoms with Crippen LogP contribution in [0.1, 0.15) is 106 Å². The molecule has 3 heterocycles. The number of fused-ring (bicyclic) bond motifs is 4. The Bertz CT molecular complexity index is 1910. The van der Waals surface area contributed by atoms with Crippen molar-refractivity contribution in [2.45, 2.75) is 123 Å². The Hall–Kier alpha value is -4.98. The standard InChI is InChI=1S/C42H52N2O12/c1-23-9-13-31(44(23)40(50)56-42(5,6)7)37(47)53-22-33(45)26-10-12-28-27(16-26)21-52-35-18-29-25(17-30(28)35)11-14-34(36(29)46)54-38(48)32-15-24(20-51-8)19-43(32)39(49)55-41(2,3)4/h10,12,16-18,23-24,31-32,34H,9,11,13-15,19-22H2,1-8H3. The first-order chi connectivity index (χ1) is 26.3. The first-order valence-electron chi connectivity index (χ1n) is 19.2. The molecule has 0 spiro atoms.